The minimum atomic E-state index is -0.968. The van der Waals surface area contributed by atoms with Crippen molar-refractivity contribution in [2.45, 2.75) is 24.0 Å². The molecule has 0 unspecified atom stereocenters. The van der Waals surface area contributed by atoms with Crippen LogP contribution < -0.4 is 10.2 Å². The molecule has 112 valence electrons. The van der Waals surface area contributed by atoms with Crippen molar-refractivity contribution in [3.63, 3.8) is 0 Å². The molecule has 0 saturated heterocycles. The summed E-state index contributed by atoms with van der Waals surface area (Å²) in [4.78, 5) is 25.0. The zero-order valence-electron chi connectivity index (χ0n) is 11.9. The highest BCUT2D eigenvalue weighted by molar-refractivity contribution is 8.00. The van der Waals surface area contributed by atoms with Gasteiger partial charge >= 0.3 is 12.0 Å². The third-order valence-electron chi connectivity index (χ3n) is 4.28. The topological polar surface area (TPSA) is 69.6 Å². The van der Waals surface area contributed by atoms with E-state index in [2.05, 4.69) is 11.6 Å². The Morgan fingerprint density at radius 3 is 2.81 bits per heavy atom. The molecule has 5 nitrogen and oxygen atoms in total. The van der Waals surface area contributed by atoms with E-state index in [-0.39, 0.29) is 16.3 Å². The molecular formula is C15H18N2O3S. The lowest BCUT2D eigenvalue weighted by Crippen LogP contribution is -2.42. The highest BCUT2D eigenvalue weighted by atomic mass is 32.2. The molecule has 2 aliphatic rings. The fraction of sp³-hybridized carbons (Fsp3) is 0.467. The van der Waals surface area contributed by atoms with Crippen molar-refractivity contribution in [1.29, 1.82) is 0 Å². The molecule has 1 aliphatic carbocycles. The Kier molecular flexibility index (Phi) is 3.57. The zero-order valence-corrected chi connectivity index (χ0v) is 12.7. The number of carbonyl (C=O) groups is 2. The van der Waals surface area contributed by atoms with Crippen LogP contribution in [0.4, 0.5) is 10.5 Å². The van der Waals surface area contributed by atoms with E-state index in [0.717, 1.165) is 30.5 Å². The number of rotatable bonds is 4. The van der Waals surface area contributed by atoms with Crippen molar-refractivity contribution in [3.8, 4) is 0 Å². The quantitative estimate of drug-likeness (QED) is 0.896. The van der Waals surface area contributed by atoms with Gasteiger partial charge in [-0.3, -0.25) is 4.90 Å². The lowest BCUT2D eigenvalue weighted by atomic mass is 10.1. The smallest absolute Gasteiger partial charge is 0.335 e. The second kappa shape index (κ2) is 5.26. The van der Waals surface area contributed by atoms with Gasteiger partial charge in [-0.05, 0) is 43.2 Å². The molecular weight excluding hydrogens is 288 g/mol. The molecule has 1 aromatic rings. The highest BCUT2D eigenvalue weighted by Gasteiger charge is 2.42. The first-order valence-electron chi connectivity index (χ1n) is 7.01. The zero-order chi connectivity index (χ0) is 15.0. The molecule has 6 heteroatoms. The van der Waals surface area contributed by atoms with Crippen LogP contribution in [0.2, 0.25) is 0 Å². The van der Waals surface area contributed by atoms with E-state index < -0.39 is 5.97 Å². The molecule has 1 saturated carbocycles. The summed E-state index contributed by atoms with van der Waals surface area (Å²) in [5, 5.41) is 12.1. The number of nitrogens with one attached hydrogen (secondary N) is 1. The number of benzene rings is 1. The SMILES string of the molecule is CSC1(CNC(=O)N2CCc3ccc(C(=O)O)cc32)CC1. The Labute approximate surface area is 127 Å². The molecule has 21 heavy (non-hydrogen) atoms. The van der Waals surface area contributed by atoms with Gasteiger partial charge in [-0.25, -0.2) is 9.59 Å². The summed E-state index contributed by atoms with van der Waals surface area (Å²) in [6.07, 6.45) is 5.14. The summed E-state index contributed by atoms with van der Waals surface area (Å²) < 4.78 is 0.223. The highest BCUT2D eigenvalue weighted by Crippen LogP contribution is 2.46. The number of thioether (sulfide) groups is 1. The van der Waals surface area contributed by atoms with E-state index >= 15 is 0 Å². The number of urea groups is 1. The predicted octanol–water partition coefficient (Wildman–Crippen LogP) is 2.35. The van der Waals surface area contributed by atoms with Crippen molar-refractivity contribution < 1.29 is 14.7 Å². The van der Waals surface area contributed by atoms with Gasteiger partial charge in [0.05, 0.1) is 5.56 Å². The normalized spacial score (nSPS) is 18.2. The van der Waals surface area contributed by atoms with E-state index in [1.807, 2.05) is 0 Å². The molecule has 2 amide bonds. The van der Waals surface area contributed by atoms with E-state index in [0.29, 0.717) is 13.1 Å². The van der Waals surface area contributed by atoms with Crippen molar-refractivity contribution in [1.82, 2.24) is 5.32 Å². The number of fused-ring (bicyclic) bond motifs is 1. The molecule has 0 aromatic heterocycles. The first-order valence-corrected chi connectivity index (χ1v) is 8.24. The summed E-state index contributed by atoms with van der Waals surface area (Å²) in [6, 6.07) is 4.86. The van der Waals surface area contributed by atoms with Gasteiger partial charge < -0.3 is 10.4 Å². The molecule has 0 atom stereocenters. The summed E-state index contributed by atoms with van der Waals surface area (Å²) in [5.41, 5.74) is 1.97. The van der Waals surface area contributed by atoms with E-state index in [1.165, 1.54) is 0 Å². The molecule has 1 aromatic carbocycles. The summed E-state index contributed by atoms with van der Waals surface area (Å²) in [5.74, 6) is -0.968. The maximum Gasteiger partial charge on any atom is 0.335 e. The maximum absolute atomic E-state index is 12.3. The molecule has 3 rings (SSSR count). The Morgan fingerprint density at radius 1 is 1.43 bits per heavy atom. The molecule has 2 N–H and O–H groups in total. The van der Waals surface area contributed by atoms with Crippen molar-refractivity contribution in [3.05, 3.63) is 29.3 Å². The predicted molar refractivity (Wildman–Crippen MR) is 83.3 cm³/mol. The average molecular weight is 306 g/mol. The summed E-state index contributed by atoms with van der Waals surface area (Å²) in [6.45, 7) is 1.29. The Hall–Kier alpha value is -1.69. The Balaban J connectivity index is 1.72. The van der Waals surface area contributed by atoms with E-state index in [9.17, 15) is 9.59 Å². The molecule has 0 radical (unpaired) electrons. The third kappa shape index (κ3) is 2.72. The fourth-order valence-electron chi connectivity index (χ4n) is 2.65. The second-order valence-corrected chi connectivity index (χ2v) is 6.87. The molecule has 1 heterocycles. The van der Waals surface area contributed by atoms with Crippen LogP contribution in [0, 0.1) is 0 Å². The number of carbonyl (C=O) groups excluding carboxylic acids is 1. The number of carboxylic acids is 1. The number of carboxylic acid groups (broad SMARTS) is 1. The number of nitrogens with zero attached hydrogens (tertiary/aromatic N) is 1. The van der Waals surface area contributed by atoms with Crippen molar-refractivity contribution in [2.24, 2.45) is 0 Å². The molecule has 1 aliphatic heterocycles. The minimum Gasteiger partial charge on any atom is -0.478 e. The number of hydrogen-bond acceptors (Lipinski definition) is 3. The minimum absolute atomic E-state index is 0.128. The maximum atomic E-state index is 12.3. The molecule has 0 spiro atoms. The monoisotopic (exact) mass is 306 g/mol. The first kappa shape index (κ1) is 14.3. The van der Waals surface area contributed by atoms with Crippen molar-refractivity contribution >= 4 is 29.4 Å². The van der Waals surface area contributed by atoms with Gasteiger partial charge in [0.1, 0.15) is 0 Å². The van der Waals surface area contributed by atoms with Crippen LogP contribution in [-0.4, -0.2) is 41.2 Å². The van der Waals surface area contributed by atoms with Crippen LogP contribution >= 0.6 is 11.8 Å². The fourth-order valence-corrected chi connectivity index (χ4v) is 3.37. The van der Waals surface area contributed by atoms with Gasteiger partial charge in [0.15, 0.2) is 0 Å². The van der Waals surface area contributed by atoms with Crippen LogP contribution in [0.5, 0.6) is 0 Å². The Bertz CT molecular complexity index is 599. The van der Waals surface area contributed by atoms with Crippen LogP contribution in [0.15, 0.2) is 18.2 Å². The Morgan fingerprint density at radius 2 is 2.19 bits per heavy atom. The standard InChI is InChI=1S/C15H18N2O3S/c1-21-15(5-6-15)9-16-14(20)17-7-4-10-2-3-11(13(18)19)8-12(10)17/h2-3,8H,4-7,9H2,1H3,(H,16,20)(H,18,19). The summed E-state index contributed by atoms with van der Waals surface area (Å²) >= 11 is 1.80. The molecule has 0 bridgehead atoms. The lowest BCUT2D eigenvalue weighted by Gasteiger charge is -2.20. The van der Waals surface area contributed by atoms with Crippen LogP contribution in [-0.2, 0) is 6.42 Å². The third-order valence-corrected chi connectivity index (χ3v) is 5.69. The van der Waals surface area contributed by atoms with E-state index in [1.54, 1.807) is 34.9 Å². The van der Waals surface area contributed by atoms with Crippen LogP contribution in [0.1, 0.15) is 28.8 Å². The number of anilines is 1. The lowest BCUT2D eigenvalue weighted by molar-refractivity contribution is 0.0697. The molecule has 1 fully saturated rings. The number of hydrogen-bond donors (Lipinski definition) is 2. The number of amides is 2. The van der Waals surface area contributed by atoms with Crippen molar-refractivity contribution in [2.75, 3.05) is 24.2 Å². The number of aromatic carboxylic acids is 1. The van der Waals surface area contributed by atoms with Crippen LogP contribution in [0.25, 0.3) is 0 Å². The largest absolute Gasteiger partial charge is 0.478 e. The van der Waals surface area contributed by atoms with Gasteiger partial charge in [0, 0.05) is 23.5 Å². The van der Waals surface area contributed by atoms with Gasteiger partial charge in [-0.15, -0.1) is 0 Å². The van der Waals surface area contributed by atoms with Gasteiger partial charge in [0.2, 0.25) is 0 Å². The van der Waals surface area contributed by atoms with E-state index in [4.69, 9.17) is 5.11 Å². The second-order valence-electron chi connectivity index (χ2n) is 5.60. The average Bonchev–Trinajstić information content (AvgIpc) is 3.15. The van der Waals surface area contributed by atoms with Gasteiger partial charge in [0.25, 0.3) is 0 Å². The first-order chi connectivity index (χ1) is 10.0. The van der Waals surface area contributed by atoms with Gasteiger partial charge in [-0.2, -0.15) is 11.8 Å². The van der Waals surface area contributed by atoms with Crippen LogP contribution in [0.3, 0.4) is 0 Å². The summed E-state index contributed by atoms with van der Waals surface area (Å²) in [7, 11) is 0. The van der Waals surface area contributed by atoms with Gasteiger partial charge in [-0.1, -0.05) is 6.07 Å².